The van der Waals surface area contributed by atoms with E-state index in [9.17, 15) is 13.2 Å². The molecule has 1 unspecified atom stereocenters. The molecule has 2 nitrogen and oxygen atoms in total. The summed E-state index contributed by atoms with van der Waals surface area (Å²) in [5.41, 5.74) is 2.09. The first-order valence-electron chi connectivity index (χ1n) is 6.35. The predicted molar refractivity (Wildman–Crippen MR) is 74.6 cm³/mol. The van der Waals surface area contributed by atoms with Crippen LogP contribution in [0.25, 0.3) is 0 Å². The van der Waals surface area contributed by atoms with Crippen molar-refractivity contribution in [1.82, 2.24) is 0 Å². The fourth-order valence-corrected chi connectivity index (χ4v) is 2.98. The number of halogens is 4. The lowest BCUT2D eigenvalue weighted by Crippen LogP contribution is -2.42. The molecule has 1 atom stereocenters. The van der Waals surface area contributed by atoms with Crippen LogP contribution in [0.3, 0.4) is 0 Å². The van der Waals surface area contributed by atoms with E-state index in [4.69, 9.17) is 5.26 Å². The highest BCUT2D eigenvalue weighted by Crippen LogP contribution is 2.36. The molecule has 0 amide bonds. The van der Waals surface area contributed by atoms with Gasteiger partial charge in [0.1, 0.15) is 6.07 Å². The number of anilines is 1. The molecule has 1 aliphatic heterocycles. The Morgan fingerprint density at radius 2 is 2.10 bits per heavy atom. The van der Waals surface area contributed by atoms with Crippen LogP contribution in [0.5, 0.6) is 0 Å². The summed E-state index contributed by atoms with van der Waals surface area (Å²) >= 11 is 3.29. The number of aryl methyl sites for hydroxylation is 1. The molecule has 1 aliphatic rings. The average molecular weight is 347 g/mol. The van der Waals surface area contributed by atoms with Crippen molar-refractivity contribution in [3.63, 3.8) is 0 Å². The lowest BCUT2D eigenvalue weighted by Gasteiger charge is -2.36. The molecule has 0 spiro atoms. The smallest absolute Gasteiger partial charge is 0.371 e. The number of nitriles is 1. The molecule has 1 saturated heterocycles. The van der Waals surface area contributed by atoms with Crippen LogP contribution in [-0.2, 0) is 0 Å². The number of alkyl halides is 3. The van der Waals surface area contributed by atoms with E-state index in [1.165, 1.54) is 0 Å². The first-order chi connectivity index (χ1) is 9.32. The second-order valence-electron chi connectivity index (χ2n) is 5.06. The molecule has 2 rings (SSSR count). The zero-order valence-electron chi connectivity index (χ0n) is 11.0. The zero-order chi connectivity index (χ0) is 14.9. The maximum atomic E-state index is 12.8. The number of hydrogen-bond donors (Lipinski definition) is 0. The lowest BCUT2D eigenvalue weighted by atomic mass is 9.96. The Bertz CT molecular complexity index is 549. The lowest BCUT2D eigenvalue weighted by molar-refractivity contribution is -0.176. The summed E-state index contributed by atoms with van der Waals surface area (Å²) in [7, 11) is 0. The minimum absolute atomic E-state index is 0.0112. The minimum Gasteiger partial charge on any atom is -0.371 e. The van der Waals surface area contributed by atoms with Gasteiger partial charge in [-0.2, -0.15) is 18.4 Å². The maximum absolute atomic E-state index is 12.8. The standard InChI is InChI=1S/C14H14BrF3N2/c1-9-5-10(7-19)12(15)6-13(9)20-4-2-3-11(8-20)14(16,17)18/h5-6,11H,2-4,8H2,1H3. The van der Waals surface area contributed by atoms with Crippen molar-refractivity contribution >= 4 is 21.6 Å². The minimum atomic E-state index is -4.14. The fourth-order valence-electron chi connectivity index (χ4n) is 2.56. The molecule has 20 heavy (non-hydrogen) atoms. The van der Waals surface area contributed by atoms with E-state index in [0.717, 1.165) is 11.3 Å². The molecule has 0 bridgehead atoms. The molecule has 1 aromatic carbocycles. The van der Waals surface area contributed by atoms with Gasteiger partial charge in [-0.1, -0.05) is 0 Å². The summed E-state index contributed by atoms with van der Waals surface area (Å²) < 4.78 is 39.2. The largest absolute Gasteiger partial charge is 0.393 e. The van der Waals surface area contributed by atoms with Gasteiger partial charge in [0.2, 0.25) is 0 Å². The van der Waals surface area contributed by atoms with E-state index in [0.29, 0.717) is 23.0 Å². The molecule has 0 saturated carbocycles. The van der Waals surface area contributed by atoms with E-state index >= 15 is 0 Å². The van der Waals surface area contributed by atoms with Gasteiger partial charge in [0.05, 0.1) is 11.5 Å². The highest BCUT2D eigenvalue weighted by Gasteiger charge is 2.42. The number of nitrogens with zero attached hydrogens (tertiary/aromatic N) is 2. The quantitative estimate of drug-likeness (QED) is 0.753. The van der Waals surface area contributed by atoms with Gasteiger partial charge in [-0.3, -0.25) is 0 Å². The van der Waals surface area contributed by atoms with E-state index < -0.39 is 12.1 Å². The van der Waals surface area contributed by atoms with E-state index in [1.54, 1.807) is 17.0 Å². The fraction of sp³-hybridized carbons (Fsp3) is 0.500. The highest BCUT2D eigenvalue weighted by atomic mass is 79.9. The van der Waals surface area contributed by atoms with Crippen molar-refractivity contribution in [2.75, 3.05) is 18.0 Å². The summed E-state index contributed by atoms with van der Waals surface area (Å²) in [6, 6.07) is 5.50. The van der Waals surface area contributed by atoms with Crippen LogP contribution in [-0.4, -0.2) is 19.3 Å². The van der Waals surface area contributed by atoms with Crippen LogP contribution in [0.2, 0.25) is 0 Å². The van der Waals surface area contributed by atoms with Crippen molar-refractivity contribution in [3.8, 4) is 6.07 Å². The van der Waals surface area contributed by atoms with Gasteiger partial charge in [-0.25, -0.2) is 0 Å². The van der Waals surface area contributed by atoms with E-state index in [1.807, 2.05) is 6.92 Å². The van der Waals surface area contributed by atoms with Crippen LogP contribution in [0.15, 0.2) is 16.6 Å². The topological polar surface area (TPSA) is 27.0 Å². The molecular formula is C14H14BrF3N2. The van der Waals surface area contributed by atoms with Crippen molar-refractivity contribution in [1.29, 1.82) is 5.26 Å². The monoisotopic (exact) mass is 346 g/mol. The Balaban J connectivity index is 2.28. The number of piperidine rings is 1. The highest BCUT2D eigenvalue weighted by molar-refractivity contribution is 9.10. The molecule has 6 heteroatoms. The van der Waals surface area contributed by atoms with Gasteiger partial charge in [0, 0.05) is 23.2 Å². The summed E-state index contributed by atoms with van der Waals surface area (Å²) in [6.07, 6.45) is -3.42. The van der Waals surface area contributed by atoms with Gasteiger partial charge in [0.15, 0.2) is 0 Å². The summed E-state index contributed by atoms with van der Waals surface area (Å²) in [4.78, 5) is 1.77. The Kier molecular flexibility index (Phi) is 4.28. The molecule has 0 aromatic heterocycles. The van der Waals surface area contributed by atoms with Gasteiger partial charge < -0.3 is 4.90 Å². The maximum Gasteiger partial charge on any atom is 0.393 e. The molecule has 0 N–H and O–H groups in total. The Morgan fingerprint density at radius 3 is 2.70 bits per heavy atom. The van der Waals surface area contributed by atoms with Gasteiger partial charge in [0.25, 0.3) is 0 Å². The van der Waals surface area contributed by atoms with Crippen LogP contribution in [0.4, 0.5) is 18.9 Å². The van der Waals surface area contributed by atoms with Crippen molar-refractivity contribution < 1.29 is 13.2 Å². The van der Waals surface area contributed by atoms with Crippen LogP contribution in [0.1, 0.15) is 24.0 Å². The summed E-state index contributed by atoms with van der Waals surface area (Å²) in [6.45, 7) is 2.42. The van der Waals surface area contributed by atoms with Crippen LogP contribution < -0.4 is 4.90 Å². The van der Waals surface area contributed by atoms with E-state index in [-0.39, 0.29) is 13.0 Å². The number of rotatable bonds is 1. The molecule has 1 aromatic rings. The third-order valence-corrected chi connectivity index (χ3v) is 4.29. The van der Waals surface area contributed by atoms with Gasteiger partial charge >= 0.3 is 6.18 Å². The normalized spacial score (nSPS) is 19.8. The number of hydrogen-bond acceptors (Lipinski definition) is 2. The SMILES string of the molecule is Cc1cc(C#N)c(Br)cc1N1CCCC(C(F)(F)F)C1. The van der Waals surface area contributed by atoms with E-state index in [2.05, 4.69) is 22.0 Å². The molecular weight excluding hydrogens is 333 g/mol. The van der Waals surface area contributed by atoms with Crippen LogP contribution >= 0.6 is 15.9 Å². The van der Waals surface area contributed by atoms with Crippen LogP contribution in [0, 0.1) is 24.2 Å². The summed E-state index contributed by atoms with van der Waals surface area (Å²) in [5, 5.41) is 8.95. The molecule has 108 valence electrons. The molecule has 1 heterocycles. The van der Waals surface area contributed by atoms with Crippen molar-refractivity contribution in [3.05, 3.63) is 27.7 Å². The third-order valence-electron chi connectivity index (χ3n) is 3.63. The average Bonchev–Trinajstić information content (AvgIpc) is 2.40. The second-order valence-corrected chi connectivity index (χ2v) is 5.91. The predicted octanol–water partition coefficient (Wildman–Crippen LogP) is 4.41. The van der Waals surface area contributed by atoms with Crippen molar-refractivity contribution in [2.24, 2.45) is 5.92 Å². The molecule has 1 fully saturated rings. The Hall–Kier alpha value is -1.22. The first-order valence-corrected chi connectivity index (χ1v) is 7.14. The first kappa shape index (κ1) is 15.2. The summed E-state index contributed by atoms with van der Waals surface area (Å²) in [5.74, 6) is -1.27. The van der Waals surface area contributed by atoms with Crippen molar-refractivity contribution in [2.45, 2.75) is 25.9 Å². The van der Waals surface area contributed by atoms with Gasteiger partial charge in [-0.15, -0.1) is 0 Å². The third kappa shape index (κ3) is 3.09. The Labute approximate surface area is 124 Å². The molecule has 0 aliphatic carbocycles. The number of benzene rings is 1. The Morgan fingerprint density at radius 1 is 1.40 bits per heavy atom. The zero-order valence-corrected chi connectivity index (χ0v) is 12.6. The van der Waals surface area contributed by atoms with Gasteiger partial charge in [-0.05, 0) is 53.4 Å². The second kappa shape index (κ2) is 5.65. The molecule has 0 radical (unpaired) electrons.